The van der Waals surface area contributed by atoms with E-state index in [0.717, 1.165) is 25.7 Å². The van der Waals surface area contributed by atoms with Crippen LogP contribution in [-0.4, -0.2) is 40.3 Å². The molecule has 6 heteroatoms. The lowest BCUT2D eigenvalue weighted by Crippen LogP contribution is -2.39. The molecule has 6 nitrogen and oxygen atoms in total. The van der Waals surface area contributed by atoms with Crippen molar-refractivity contribution in [3.63, 3.8) is 0 Å². The minimum Gasteiger partial charge on any atom is -0.463 e. The van der Waals surface area contributed by atoms with E-state index in [2.05, 4.69) is 20.0 Å². The lowest BCUT2D eigenvalue weighted by Gasteiger charge is -2.32. The average Bonchev–Trinajstić information content (AvgIpc) is 2.45. The fraction of sp³-hybridized carbons (Fsp3) is 0.643. The molecule has 0 amide bonds. The molecule has 1 aromatic heterocycles. The summed E-state index contributed by atoms with van der Waals surface area (Å²) >= 11 is 0. The minimum absolute atomic E-state index is 0.0330. The number of hydrogen-bond donors (Lipinski definition) is 2. The van der Waals surface area contributed by atoms with Gasteiger partial charge in [0.25, 0.3) is 0 Å². The third-order valence-corrected chi connectivity index (χ3v) is 3.61. The number of esters is 1. The maximum absolute atomic E-state index is 11.5. The van der Waals surface area contributed by atoms with Gasteiger partial charge in [0, 0.05) is 18.3 Å². The lowest BCUT2D eigenvalue weighted by atomic mass is 9.85. The van der Waals surface area contributed by atoms with Crippen molar-refractivity contribution >= 4 is 11.8 Å². The van der Waals surface area contributed by atoms with Gasteiger partial charge in [-0.15, -0.1) is 0 Å². The molecule has 20 heavy (non-hydrogen) atoms. The van der Waals surface area contributed by atoms with Gasteiger partial charge in [-0.25, -0.2) is 14.8 Å². The van der Waals surface area contributed by atoms with Crippen LogP contribution in [0.25, 0.3) is 0 Å². The molecule has 0 aromatic carbocycles. The van der Waals surface area contributed by atoms with E-state index in [1.165, 1.54) is 13.5 Å². The molecular formula is C14H21N3O3. The average molecular weight is 279 g/mol. The molecule has 2 N–H and O–H groups in total. The van der Waals surface area contributed by atoms with Gasteiger partial charge in [0.05, 0.1) is 12.7 Å². The number of rotatable bonds is 4. The minimum atomic E-state index is -0.678. The molecule has 0 saturated heterocycles. The normalized spacial score (nSPS) is 17.6. The van der Waals surface area contributed by atoms with Crippen LogP contribution < -0.4 is 5.32 Å². The van der Waals surface area contributed by atoms with E-state index in [0.29, 0.717) is 18.1 Å². The summed E-state index contributed by atoms with van der Waals surface area (Å²) in [5.41, 5.74) is 0.00116. The number of carbonyl (C=O) groups is 1. The highest BCUT2D eigenvalue weighted by Crippen LogP contribution is 2.28. The smallest absolute Gasteiger partial charge is 0.376 e. The van der Waals surface area contributed by atoms with Gasteiger partial charge in [-0.05, 0) is 19.8 Å². The molecule has 110 valence electrons. The Hall–Kier alpha value is -1.69. The van der Waals surface area contributed by atoms with Gasteiger partial charge in [-0.1, -0.05) is 19.3 Å². The number of aromatic nitrogens is 2. The fourth-order valence-electron chi connectivity index (χ4n) is 2.48. The van der Waals surface area contributed by atoms with Gasteiger partial charge in [0.15, 0.2) is 0 Å². The molecule has 0 bridgehead atoms. The number of anilines is 1. The second kappa shape index (κ2) is 6.17. The van der Waals surface area contributed by atoms with Crippen molar-refractivity contribution in [3.05, 3.63) is 17.6 Å². The molecule has 1 aliphatic rings. The van der Waals surface area contributed by atoms with Crippen LogP contribution in [-0.2, 0) is 4.74 Å². The van der Waals surface area contributed by atoms with Gasteiger partial charge < -0.3 is 15.2 Å². The molecule has 0 radical (unpaired) electrons. The zero-order valence-corrected chi connectivity index (χ0v) is 12.0. The number of aliphatic hydroxyl groups is 1. The number of hydrogen-bond acceptors (Lipinski definition) is 6. The first kappa shape index (κ1) is 14.7. The fourth-order valence-corrected chi connectivity index (χ4v) is 2.48. The molecule has 0 spiro atoms. The highest BCUT2D eigenvalue weighted by Gasteiger charge is 2.29. The Labute approximate surface area is 118 Å². The topological polar surface area (TPSA) is 84.3 Å². The molecule has 0 aliphatic heterocycles. The standard InChI is InChI=1S/C14H21N3O3/c1-10-8-11(17-12(16-10)13(18)20-2)15-9-14(19)6-4-3-5-7-14/h8,19H,3-7,9H2,1-2H3,(H,15,16,17). The summed E-state index contributed by atoms with van der Waals surface area (Å²) in [6, 6.07) is 1.75. The molecule has 1 aromatic rings. The highest BCUT2D eigenvalue weighted by molar-refractivity contribution is 5.85. The van der Waals surface area contributed by atoms with Crippen LogP contribution in [0.15, 0.2) is 6.07 Å². The number of nitrogens with one attached hydrogen (secondary N) is 1. The van der Waals surface area contributed by atoms with Crippen LogP contribution in [0.4, 0.5) is 5.82 Å². The summed E-state index contributed by atoms with van der Waals surface area (Å²) in [5, 5.41) is 13.5. The monoisotopic (exact) mass is 279 g/mol. The van der Waals surface area contributed by atoms with Crippen molar-refractivity contribution in [2.24, 2.45) is 0 Å². The van der Waals surface area contributed by atoms with Crippen LogP contribution in [0.1, 0.15) is 48.4 Å². The molecule has 1 saturated carbocycles. The van der Waals surface area contributed by atoms with Crippen molar-refractivity contribution in [1.82, 2.24) is 9.97 Å². The Morgan fingerprint density at radius 1 is 1.40 bits per heavy atom. The summed E-state index contributed by atoms with van der Waals surface area (Å²) in [6.07, 6.45) is 4.88. The predicted molar refractivity (Wildman–Crippen MR) is 74.6 cm³/mol. The molecule has 0 unspecified atom stereocenters. The first-order valence-corrected chi connectivity index (χ1v) is 6.93. The van der Waals surface area contributed by atoms with Gasteiger partial charge in [0.2, 0.25) is 5.82 Å². The Bertz CT molecular complexity index is 485. The van der Waals surface area contributed by atoms with Gasteiger partial charge >= 0.3 is 5.97 Å². The Balaban J connectivity index is 2.05. The van der Waals surface area contributed by atoms with Gasteiger partial charge in [-0.3, -0.25) is 0 Å². The van der Waals surface area contributed by atoms with Gasteiger partial charge in [-0.2, -0.15) is 0 Å². The first-order valence-electron chi connectivity index (χ1n) is 6.93. The second-order valence-corrected chi connectivity index (χ2v) is 5.35. The maximum Gasteiger partial charge on any atom is 0.376 e. The van der Waals surface area contributed by atoms with Crippen molar-refractivity contribution in [2.45, 2.75) is 44.6 Å². The number of nitrogens with zero attached hydrogens (tertiary/aromatic N) is 2. The number of ether oxygens (including phenoxy) is 1. The van der Waals surface area contributed by atoms with E-state index < -0.39 is 11.6 Å². The summed E-state index contributed by atoms with van der Waals surface area (Å²) < 4.78 is 4.62. The van der Waals surface area contributed by atoms with E-state index in [4.69, 9.17) is 0 Å². The maximum atomic E-state index is 11.5. The third kappa shape index (κ3) is 3.66. The Kier molecular flexibility index (Phi) is 4.54. The number of carbonyl (C=O) groups excluding carboxylic acids is 1. The summed E-state index contributed by atoms with van der Waals surface area (Å²) in [4.78, 5) is 19.6. The van der Waals surface area contributed by atoms with Crippen LogP contribution >= 0.6 is 0 Å². The van der Waals surface area contributed by atoms with Crippen molar-refractivity contribution in [1.29, 1.82) is 0 Å². The second-order valence-electron chi connectivity index (χ2n) is 5.35. The molecular weight excluding hydrogens is 258 g/mol. The van der Waals surface area contributed by atoms with Crippen LogP contribution in [0.2, 0.25) is 0 Å². The van der Waals surface area contributed by atoms with E-state index in [-0.39, 0.29) is 5.82 Å². The molecule has 0 atom stereocenters. The van der Waals surface area contributed by atoms with E-state index in [1.807, 2.05) is 0 Å². The Morgan fingerprint density at radius 2 is 2.10 bits per heavy atom. The largest absolute Gasteiger partial charge is 0.463 e. The summed E-state index contributed by atoms with van der Waals surface area (Å²) in [5.74, 6) is 0.00987. The van der Waals surface area contributed by atoms with E-state index in [1.54, 1.807) is 13.0 Å². The number of methoxy groups -OCH3 is 1. The predicted octanol–water partition coefficient (Wildman–Crippen LogP) is 1.68. The SMILES string of the molecule is COC(=O)c1nc(C)cc(NCC2(O)CCCCC2)n1. The Morgan fingerprint density at radius 3 is 2.75 bits per heavy atom. The quantitative estimate of drug-likeness (QED) is 0.816. The lowest BCUT2D eigenvalue weighted by molar-refractivity contribution is 0.0166. The van der Waals surface area contributed by atoms with Crippen LogP contribution in [0, 0.1) is 6.92 Å². The van der Waals surface area contributed by atoms with Crippen molar-refractivity contribution < 1.29 is 14.6 Å². The zero-order valence-electron chi connectivity index (χ0n) is 12.0. The third-order valence-electron chi connectivity index (χ3n) is 3.61. The van der Waals surface area contributed by atoms with Gasteiger partial charge in [0.1, 0.15) is 5.82 Å². The zero-order chi connectivity index (χ0) is 14.6. The molecule has 1 fully saturated rings. The molecule has 1 heterocycles. The van der Waals surface area contributed by atoms with E-state index in [9.17, 15) is 9.90 Å². The number of aryl methyl sites for hydroxylation is 1. The van der Waals surface area contributed by atoms with Crippen LogP contribution in [0.3, 0.4) is 0 Å². The van der Waals surface area contributed by atoms with Crippen LogP contribution in [0.5, 0.6) is 0 Å². The molecule has 2 rings (SSSR count). The first-order chi connectivity index (χ1) is 9.52. The molecule has 1 aliphatic carbocycles. The highest BCUT2D eigenvalue weighted by atomic mass is 16.5. The summed E-state index contributed by atoms with van der Waals surface area (Å²) in [7, 11) is 1.30. The van der Waals surface area contributed by atoms with Crippen molar-refractivity contribution in [2.75, 3.05) is 19.0 Å². The summed E-state index contributed by atoms with van der Waals surface area (Å²) in [6.45, 7) is 2.22. The van der Waals surface area contributed by atoms with E-state index >= 15 is 0 Å². The van der Waals surface area contributed by atoms with Crippen molar-refractivity contribution in [3.8, 4) is 0 Å².